The highest BCUT2D eigenvalue weighted by Gasteiger charge is 2.25. The van der Waals surface area contributed by atoms with Crippen LogP contribution >= 0.6 is 0 Å². The summed E-state index contributed by atoms with van der Waals surface area (Å²) in [4.78, 5) is 11.3. The van der Waals surface area contributed by atoms with Gasteiger partial charge in [-0.3, -0.25) is 0 Å². The first-order chi connectivity index (χ1) is 10.8. The number of hydrogen-bond acceptors (Lipinski definition) is 5. The molecule has 9 heteroatoms. The second-order valence-electron chi connectivity index (χ2n) is 6.30. The molecule has 0 spiro atoms. The second kappa shape index (κ2) is 6.96. The molecule has 0 aliphatic carbocycles. The highest BCUT2D eigenvalue weighted by molar-refractivity contribution is 6.76. The third-order valence-electron chi connectivity index (χ3n) is 3.16. The van der Waals surface area contributed by atoms with Crippen LogP contribution in [0.1, 0.15) is 10.5 Å². The van der Waals surface area contributed by atoms with E-state index in [1.165, 1.54) is 18.5 Å². The van der Waals surface area contributed by atoms with Crippen molar-refractivity contribution in [3.05, 3.63) is 30.0 Å². The summed E-state index contributed by atoms with van der Waals surface area (Å²) in [6.45, 7) is 7.01. The van der Waals surface area contributed by atoms with Crippen molar-refractivity contribution in [1.82, 2.24) is 20.0 Å². The quantitative estimate of drug-likeness (QED) is 0.616. The van der Waals surface area contributed by atoms with Crippen LogP contribution in [-0.2, 0) is 11.5 Å². The third kappa shape index (κ3) is 4.42. The van der Waals surface area contributed by atoms with Gasteiger partial charge >= 0.3 is 5.97 Å². The van der Waals surface area contributed by atoms with Crippen molar-refractivity contribution < 1.29 is 19.0 Å². The molecule has 0 aliphatic heterocycles. The van der Waals surface area contributed by atoms with E-state index in [-0.39, 0.29) is 12.4 Å². The summed E-state index contributed by atoms with van der Waals surface area (Å²) in [6.07, 6.45) is 2.71. The predicted molar refractivity (Wildman–Crippen MR) is 84.3 cm³/mol. The second-order valence-corrected chi connectivity index (χ2v) is 11.9. The monoisotopic (exact) mass is 338 g/mol. The Bertz CT molecular complexity index is 685. The van der Waals surface area contributed by atoms with Crippen LogP contribution < -0.4 is 0 Å². The fourth-order valence-electron chi connectivity index (χ4n) is 1.88. The molecule has 2 aromatic rings. The summed E-state index contributed by atoms with van der Waals surface area (Å²) < 4.78 is 20.9. The molecular weight excluding hydrogens is 319 g/mol. The van der Waals surface area contributed by atoms with Crippen LogP contribution in [0.5, 0.6) is 0 Å². The standard InChI is InChI=1S/C14H19FN4O3Si/c1-23(2,3)7-6-22-9-19-13(14(20)21)11(15)12(18-19)10-4-5-16-17-8-10/h4-5,8H,6-7,9H2,1-3H3,(H,20,21). The van der Waals surface area contributed by atoms with E-state index >= 15 is 0 Å². The molecule has 2 rings (SSSR count). The van der Waals surface area contributed by atoms with Crippen molar-refractivity contribution in [2.75, 3.05) is 6.61 Å². The van der Waals surface area contributed by atoms with Gasteiger partial charge in [0.2, 0.25) is 0 Å². The molecule has 0 unspecified atom stereocenters. The normalized spacial score (nSPS) is 11.7. The molecule has 0 radical (unpaired) electrons. The number of hydrogen-bond donors (Lipinski definition) is 1. The minimum Gasteiger partial charge on any atom is -0.476 e. The van der Waals surface area contributed by atoms with E-state index in [2.05, 4.69) is 34.9 Å². The average Bonchev–Trinajstić information content (AvgIpc) is 2.80. The smallest absolute Gasteiger partial charge is 0.357 e. The van der Waals surface area contributed by atoms with Crippen LogP contribution in [0.25, 0.3) is 11.3 Å². The first-order valence-corrected chi connectivity index (χ1v) is 10.8. The largest absolute Gasteiger partial charge is 0.476 e. The van der Waals surface area contributed by atoms with Crippen molar-refractivity contribution in [3.8, 4) is 11.3 Å². The number of rotatable bonds is 7. The van der Waals surface area contributed by atoms with Gasteiger partial charge in [-0.1, -0.05) is 19.6 Å². The van der Waals surface area contributed by atoms with E-state index < -0.39 is 25.6 Å². The van der Waals surface area contributed by atoms with E-state index in [1.807, 2.05) is 0 Å². The van der Waals surface area contributed by atoms with Gasteiger partial charge in [0.15, 0.2) is 11.5 Å². The fraction of sp³-hybridized carbons (Fsp3) is 0.429. The molecule has 0 amide bonds. The Morgan fingerprint density at radius 1 is 1.39 bits per heavy atom. The number of halogens is 1. The van der Waals surface area contributed by atoms with Crippen LogP contribution in [0, 0.1) is 5.82 Å². The number of ether oxygens (including phenoxy) is 1. The first kappa shape index (κ1) is 17.2. The van der Waals surface area contributed by atoms with E-state index in [0.29, 0.717) is 12.2 Å². The fourth-order valence-corrected chi connectivity index (χ4v) is 2.64. The summed E-state index contributed by atoms with van der Waals surface area (Å²) in [5.74, 6) is -2.30. The Morgan fingerprint density at radius 2 is 2.13 bits per heavy atom. The SMILES string of the molecule is C[Si](C)(C)CCOCn1nc(-c2ccnnc2)c(F)c1C(=O)O. The molecular formula is C14H19FN4O3Si. The van der Waals surface area contributed by atoms with Crippen molar-refractivity contribution >= 4 is 14.0 Å². The predicted octanol–water partition coefficient (Wildman–Crippen LogP) is 2.49. The zero-order valence-corrected chi connectivity index (χ0v) is 14.3. The number of aromatic nitrogens is 4. The zero-order chi connectivity index (χ0) is 17.0. The van der Waals surface area contributed by atoms with E-state index in [1.54, 1.807) is 0 Å². The Labute approximate surface area is 134 Å². The molecule has 0 saturated carbocycles. The van der Waals surface area contributed by atoms with E-state index in [4.69, 9.17) is 4.74 Å². The maximum absolute atomic E-state index is 14.4. The van der Waals surface area contributed by atoms with Crippen LogP contribution in [0.15, 0.2) is 18.5 Å². The molecule has 0 fully saturated rings. The minimum atomic E-state index is -1.39. The molecule has 0 aliphatic rings. The van der Waals surface area contributed by atoms with Gasteiger partial charge in [-0.2, -0.15) is 15.3 Å². The summed E-state index contributed by atoms with van der Waals surface area (Å²) in [5.41, 5.74) is -0.239. The lowest BCUT2D eigenvalue weighted by molar-refractivity contribution is 0.0584. The van der Waals surface area contributed by atoms with Gasteiger partial charge in [-0.15, -0.1) is 0 Å². The molecule has 0 bridgehead atoms. The van der Waals surface area contributed by atoms with Gasteiger partial charge in [0.1, 0.15) is 12.4 Å². The third-order valence-corrected chi connectivity index (χ3v) is 4.87. The Morgan fingerprint density at radius 3 is 2.70 bits per heavy atom. The van der Waals surface area contributed by atoms with E-state index in [0.717, 1.165) is 10.7 Å². The Kier molecular flexibility index (Phi) is 5.22. The molecule has 2 aromatic heterocycles. The van der Waals surface area contributed by atoms with Gasteiger partial charge < -0.3 is 9.84 Å². The van der Waals surface area contributed by atoms with Crippen LogP contribution in [-0.4, -0.2) is 45.7 Å². The lowest BCUT2D eigenvalue weighted by Crippen LogP contribution is -2.22. The molecule has 0 atom stereocenters. The number of nitrogens with zero attached hydrogens (tertiary/aromatic N) is 4. The van der Waals surface area contributed by atoms with Crippen LogP contribution in [0.3, 0.4) is 0 Å². The average molecular weight is 338 g/mol. The molecule has 2 heterocycles. The lowest BCUT2D eigenvalue weighted by Gasteiger charge is -2.15. The molecule has 7 nitrogen and oxygen atoms in total. The van der Waals surface area contributed by atoms with Gasteiger partial charge in [0.25, 0.3) is 0 Å². The summed E-state index contributed by atoms with van der Waals surface area (Å²) >= 11 is 0. The van der Waals surface area contributed by atoms with Gasteiger partial charge in [-0.25, -0.2) is 13.9 Å². The molecule has 0 saturated heterocycles. The molecule has 1 N–H and O–H groups in total. The Hall–Kier alpha value is -2.13. The van der Waals surface area contributed by atoms with Crippen LogP contribution in [0.4, 0.5) is 4.39 Å². The number of carbonyl (C=O) groups is 1. The summed E-state index contributed by atoms with van der Waals surface area (Å²) in [7, 11) is -1.25. The lowest BCUT2D eigenvalue weighted by atomic mass is 10.2. The minimum absolute atomic E-state index is 0.0777. The molecule has 23 heavy (non-hydrogen) atoms. The first-order valence-electron chi connectivity index (χ1n) is 7.14. The Balaban J connectivity index is 2.20. The number of aromatic carboxylic acids is 1. The van der Waals surface area contributed by atoms with Crippen molar-refractivity contribution in [2.24, 2.45) is 0 Å². The van der Waals surface area contributed by atoms with Crippen molar-refractivity contribution in [2.45, 2.75) is 32.4 Å². The maximum Gasteiger partial charge on any atom is 0.357 e. The number of carboxylic acids is 1. The topological polar surface area (TPSA) is 90.1 Å². The van der Waals surface area contributed by atoms with Crippen LogP contribution in [0.2, 0.25) is 25.7 Å². The molecule has 124 valence electrons. The van der Waals surface area contributed by atoms with Crippen molar-refractivity contribution in [1.29, 1.82) is 0 Å². The highest BCUT2D eigenvalue weighted by atomic mass is 28.3. The van der Waals surface area contributed by atoms with Gasteiger partial charge in [0.05, 0.1) is 12.4 Å². The maximum atomic E-state index is 14.4. The number of carboxylic acid groups (broad SMARTS) is 1. The van der Waals surface area contributed by atoms with Gasteiger partial charge in [0, 0.05) is 20.2 Å². The van der Waals surface area contributed by atoms with Crippen molar-refractivity contribution in [3.63, 3.8) is 0 Å². The summed E-state index contributed by atoms with van der Waals surface area (Å²) in [5, 5.41) is 20.5. The zero-order valence-electron chi connectivity index (χ0n) is 13.3. The molecule has 0 aromatic carbocycles. The van der Waals surface area contributed by atoms with E-state index in [9.17, 15) is 14.3 Å². The van der Waals surface area contributed by atoms with Gasteiger partial charge in [-0.05, 0) is 12.1 Å². The summed E-state index contributed by atoms with van der Waals surface area (Å²) in [6, 6.07) is 2.45. The highest BCUT2D eigenvalue weighted by Crippen LogP contribution is 2.23.